The number of carbonyl (C=O) groups is 1. The van der Waals surface area contributed by atoms with Gasteiger partial charge in [0, 0.05) is 5.57 Å². The van der Waals surface area contributed by atoms with E-state index in [4.69, 9.17) is 4.74 Å². The minimum Gasteiger partial charge on any atom is -0.466 e. The molecule has 0 aromatic carbocycles. The molecule has 0 aliphatic heterocycles. The number of rotatable bonds is 9. The van der Waals surface area contributed by atoms with Gasteiger partial charge in [-0.3, -0.25) is 0 Å². The lowest BCUT2D eigenvalue weighted by Crippen LogP contribution is -2.04. The number of esters is 1. The highest BCUT2D eigenvalue weighted by molar-refractivity contribution is 5.88. The summed E-state index contributed by atoms with van der Waals surface area (Å²) < 4.78 is 4.71. The van der Waals surface area contributed by atoms with Crippen molar-refractivity contribution < 1.29 is 9.53 Å². The van der Waals surface area contributed by atoms with Crippen molar-refractivity contribution in [3.05, 3.63) is 11.6 Å². The molecule has 0 saturated heterocycles. The van der Waals surface area contributed by atoms with Gasteiger partial charge in [0.25, 0.3) is 0 Å². The molecule has 0 aliphatic carbocycles. The molecule has 0 amide bonds. The molecular weight excluding hydrogens is 200 g/mol. The van der Waals surface area contributed by atoms with Gasteiger partial charge in [0.05, 0.1) is 7.11 Å². The predicted octanol–water partition coefficient (Wildman–Crippen LogP) is 4.25. The summed E-state index contributed by atoms with van der Waals surface area (Å²) in [5, 5.41) is 0. The molecule has 0 aromatic heterocycles. The summed E-state index contributed by atoms with van der Waals surface area (Å²) in [5.74, 6) is -0.173. The zero-order valence-corrected chi connectivity index (χ0v) is 11.1. The summed E-state index contributed by atoms with van der Waals surface area (Å²) in [5.41, 5.74) is 0.816. The van der Waals surface area contributed by atoms with E-state index in [1.54, 1.807) is 0 Å². The molecule has 0 bridgehead atoms. The van der Waals surface area contributed by atoms with Crippen LogP contribution in [-0.4, -0.2) is 13.1 Å². The molecule has 0 heterocycles. The highest BCUT2D eigenvalue weighted by Gasteiger charge is 2.06. The van der Waals surface area contributed by atoms with E-state index in [1.807, 2.05) is 13.0 Å². The fourth-order valence-electron chi connectivity index (χ4n) is 1.77. The Bertz CT molecular complexity index is 207. The molecule has 0 spiro atoms. The Balaban J connectivity index is 3.46. The van der Waals surface area contributed by atoms with Crippen LogP contribution in [0.2, 0.25) is 0 Å². The summed E-state index contributed by atoms with van der Waals surface area (Å²) >= 11 is 0. The molecule has 0 aromatic rings. The predicted molar refractivity (Wildman–Crippen MR) is 68.4 cm³/mol. The topological polar surface area (TPSA) is 26.3 Å². The summed E-state index contributed by atoms with van der Waals surface area (Å²) in [4.78, 5) is 11.3. The molecule has 0 aliphatic rings. The van der Waals surface area contributed by atoms with Gasteiger partial charge in [0.2, 0.25) is 0 Å². The summed E-state index contributed by atoms with van der Waals surface area (Å²) in [6, 6.07) is 0. The van der Waals surface area contributed by atoms with Crippen molar-refractivity contribution >= 4 is 5.97 Å². The Kier molecular flexibility index (Phi) is 10.2. The van der Waals surface area contributed by atoms with Gasteiger partial charge in [-0.25, -0.2) is 4.79 Å². The van der Waals surface area contributed by atoms with Crippen LogP contribution in [0.1, 0.15) is 65.2 Å². The van der Waals surface area contributed by atoms with Crippen LogP contribution in [0.3, 0.4) is 0 Å². The summed E-state index contributed by atoms with van der Waals surface area (Å²) in [6.45, 7) is 4.13. The van der Waals surface area contributed by atoms with E-state index in [2.05, 4.69) is 6.92 Å². The zero-order valence-electron chi connectivity index (χ0n) is 11.1. The zero-order chi connectivity index (χ0) is 12.2. The van der Waals surface area contributed by atoms with E-state index in [9.17, 15) is 4.79 Å². The van der Waals surface area contributed by atoms with Crippen LogP contribution >= 0.6 is 0 Å². The monoisotopic (exact) mass is 226 g/mol. The van der Waals surface area contributed by atoms with Crippen molar-refractivity contribution in [3.63, 3.8) is 0 Å². The Labute approximate surface area is 100 Å². The Morgan fingerprint density at radius 1 is 1.06 bits per heavy atom. The maximum absolute atomic E-state index is 11.3. The number of methoxy groups -OCH3 is 1. The number of hydrogen-bond donors (Lipinski definition) is 0. The molecule has 16 heavy (non-hydrogen) atoms. The largest absolute Gasteiger partial charge is 0.466 e. The van der Waals surface area contributed by atoms with Crippen molar-refractivity contribution in [2.24, 2.45) is 0 Å². The van der Waals surface area contributed by atoms with Crippen LogP contribution in [0.5, 0.6) is 0 Å². The Morgan fingerprint density at radius 3 is 2.12 bits per heavy atom. The molecule has 0 N–H and O–H groups in total. The SMILES string of the molecule is C/C=C(\CCCCCCCCC)C(=O)OC. The van der Waals surface area contributed by atoms with Crippen LogP contribution in [0.25, 0.3) is 0 Å². The van der Waals surface area contributed by atoms with Crippen molar-refractivity contribution in [1.29, 1.82) is 0 Å². The van der Waals surface area contributed by atoms with Crippen LogP contribution in [0.4, 0.5) is 0 Å². The number of unbranched alkanes of at least 4 members (excludes halogenated alkanes) is 6. The van der Waals surface area contributed by atoms with E-state index < -0.39 is 0 Å². The van der Waals surface area contributed by atoms with Crippen molar-refractivity contribution in [1.82, 2.24) is 0 Å². The van der Waals surface area contributed by atoms with E-state index >= 15 is 0 Å². The van der Waals surface area contributed by atoms with Crippen LogP contribution in [0, 0.1) is 0 Å². The minimum absolute atomic E-state index is 0.173. The lowest BCUT2D eigenvalue weighted by Gasteiger charge is -2.04. The number of allylic oxidation sites excluding steroid dienone is 1. The van der Waals surface area contributed by atoms with E-state index in [-0.39, 0.29) is 5.97 Å². The number of hydrogen-bond acceptors (Lipinski definition) is 2. The second-order valence-electron chi connectivity index (χ2n) is 4.18. The fraction of sp³-hybridized carbons (Fsp3) is 0.786. The summed E-state index contributed by atoms with van der Waals surface area (Å²) in [6.07, 6.45) is 11.7. The maximum Gasteiger partial charge on any atom is 0.333 e. The minimum atomic E-state index is -0.173. The average molecular weight is 226 g/mol. The molecule has 0 fully saturated rings. The highest BCUT2D eigenvalue weighted by atomic mass is 16.5. The van der Waals surface area contributed by atoms with Gasteiger partial charge in [0.1, 0.15) is 0 Å². The third kappa shape index (κ3) is 7.49. The second kappa shape index (κ2) is 10.7. The average Bonchev–Trinajstić information content (AvgIpc) is 2.32. The normalized spacial score (nSPS) is 11.6. The van der Waals surface area contributed by atoms with Crippen LogP contribution in [0.15, 0.2) is 11.6 Å². The molecule has 0 rings (SSSR count). The van der Waals surface area contributed by atoms with Gasteiger partial charge in [-0.1, -0.05) is 51.5 Å². The van der Waals surface area contributed by atoms with Gasteiger partial charge in [0.15, 0.2) is 0 Å². The molecule has 0 radical (unpaired) electrons. The van der Waals surface area contributed by atoms with E-state index in [0.717, 1.165) is 18.4 Å². The van der Waals surface area contributed by atoms with Gasteiger partial charge < -0.3 is 4.74 Å². The molecular formula is C14H26O2. The highest BCUT2D eigenvalue weighted by Crippen LogP contribution is 2.13. The summed E-state index contributed by atoms with van der Waals surface area (Å²) in [7, 11) is 1.44. The van der Waals surface area contributed by atoms with E-state index in [0.29, 0.717) is 0 Å². The van der Waals surface area contributed by atoms with Gasteiger partial charge in [-0.15, -0.1) is 0 Å². The second-order valence-corrected chi connectivity index (χ2v) is 4.18. The molecule has 0 saturated carbocycles. The quantitative estimate of drug-likeness (QED) is 0.334. The Morgan fingerprint density at radius 2 is 1.62 bits per heavy atom. The third-order valence-electron chi connectivity index (χ3n) is 2.85. The van der Waals surface area contributed by atoms with Gasteiger partial charge >= 0.3 is 5.97 Å². The van der Waals surface area contributed by atoms with Crippen molar-refractivity contribution in [2.45, 2.75) is 65.2 Å². The molecule has 0 atom stereocenters. The van der Waals surface area contributed by atoms with Gasteiger partial charge in [-0.2, -0.15) is 0 Å². The van der Waals surface area contributed by atoms with Crippen LogP contribution in [-0.2, 0) is 9.53 Å². The lowest BCUT2D eigenvalue weighted by atomic mass is 10.0. The Hall–Kier alpha value is -0.790. The molecule has 0 unspecified atom stereocenters. The van der Waals surface area contributed by atoms with Gasteiger partial charge in [-0.05, 0) is 19.8 Å². The first-order valence-corrected chi connectivity index (χ1v) is 6.49. The van der Waals surface area contributed by atoms with E-state index in [1.165, 1.54) is 45.6 Å². The first kappa shape index (κ1) is 15.2. The van der Waals surface area contributed by atoms with Crippen LogP contribution < -0.4 is 0 Å². The smallest absolute Gasteiger partial charge is 0.333 e. The third-order valence-corrected chi connectivity index (χ3v) is 2.85. The first-order valence-electron chi connectivity index (χ1n) is 6.49. The number of carbonyl (C=O) groups excluding carboxylic acids is 1. The van der Waals surface area contributed by atoms with Crippen molar-refractivity contribution in [3.8, 4) is 0 Å². The first-order chi connectivity index (χ1) is 7.76. The maximum atomic E-state index is 11.3. The number of ether oxygens (including phenoxy) is 1. The standard InChI is InChI=1S/C14H26O2/c1-4-6-7-8-9-10-11-12-13(5-2)14(15)16-3/h5H,4,6-12H2,1-3H3/b13-5+. The molecule has 2 nitrogen and oxygen atoms in total. The molecule has 2 heteroatoms. The van der Waals surface area contributed by atoms with Crippen molar-refractivity contribution in [2.75, 3.05) is 7.11 Å². The molecule has 94 valence electrons. The fourth-order valence-corrected chi connectivity index (χ4v) is 1.77. The lowest BCUT2D eigenvalue weighted by molar-refractivity contribution is -0.136.